The molecular weight excluding hydrogens is 344 g/mol. The molecule has 146 valence electrons. The molecule has 1 atom stereocenters. The highest BCUT2D eigenvalue weighted by molar-refractivity contribution is 5.53. The summed E-state index contributed by atoms with van der Waals surface area (Å²) in [7, 11) is 2.00. The average Bonchev–Trinajstić information content (AvgIpc) is 2.93. The van der Waals surface area contributed by atoms with Gasteiger partial charge in [0, 0.05) is 52.6 Å². The van der Waals surface area contributed by atoms with Crippen LogP contribution < -0.4 is 4.90 Å². The number of ether oxygens (including phenoxy) is 2. The molecule has 8 heteroatoms. The van der Waals surface area contributed by atoms with E-state index < -0.39 is 0 Å². The second-order valence-corrected chi connectivity index (χ2v) is 7.30. The van der Waals surface area contributed by atoms with Gasteiger partial charge in [0.25, 0.3) is 0 Å². The molecule has 0 amide bonds. The lowest BCUT2D eigenvalue weighted by molar-refractivity contribution is 0.0341. The third-order valence-corrected chi connectivity index (χ3v) is 5.15. The first kappa shape index (κ1) is 18.3. The summed E-state index contributed by atoms with van der Waals surface area (Å²) in [4.78, 5) is 9.29. The SMILES string of the molecule is CC1CN(c2nnc(-c3ccc(CN4CCOCC4)cn3)n2C)CCCO1. The topological polar surface area (TPSA) is 68.5 Å². The van der Waals surface area contributed by atoms with Gasteiger partial charge in [-0.1, -0.05) is 6.07 Å². The lowest BCUT2D eigenvalue weighted by Crippen LogP contribution is -2.35. The minimum atomic E-state index is 0.199. The predicted molar refractivity (Wildman–Crippen MR) is 103 cm³/mol. The Kier molecular flexibility index (Phi) is 5.66. The summed E-state index contributed by atoms with van der Waals surface area (Å²) < 4.78 is 13.2. The second-order valence-electron chi connectivity index (χ2n) is 7.30. The van der Waals surface area contributed by atoms with E-state index in [1.165, 1.54) is 5.56 Å². The number of morpholine rings is 1. The molecule has 8 nitrogen and oxygen atoms in total. The van der Waals surface area contributed by atoms with E-state index in [0.717, 1.165) is 76.4 Å². The van der Waals surface area contributed by atoms with Crippen molar-refractivity contribution in [2.75, 3.05) is 50.9 Å². The van der Waals surface area contributed by atoms with E-state index in [2.05, 4.69) is 38.0 Å². The van der Waals surface area contributed by atoms with Gasteiger partial charge >= 0.3 is 0 Å². The standard InChI is InChI=1S/C19H28N6O2/c1-15-13-25(6-3-9-27-15)19-22-21-18(23(19)2)17-5-4-16(12-20-17)14-24-7-10-26-11-8-24/h4-5,12,15H,3,6-11,13-14H2,1-2H3. The van der Waals surface area contributed by atoms with Gasteiger partial charge in [-0.2, -0.15) is 0 Å². The highest BCUT2D eigenvalue weighted by Crippen LogP contribution is 2.22. The van der Waals surface area contributed by atoms with Crippen molar-refractivity contribution < 1.29 is 9.47 Å². The van der Waals surface area contributed by atoms with Gasteiger partial charge in [0.2, 0.25) is 5.95 Å². The Morgan fingerprint density at radius 3 is 2.74 bits per heavy atom. The van der Waals surface area contributed by atoms with Crippen LogP contribution in [0.4, 0.5) is 5.95 Å². The van der Waals surface area contributed by atoms with E-state index in [4.69, 9.17) is 9.47 Å². The highest BCUT2D eigenvalue weighted by Gasteiger charge is 2.21. The lowest BCUT2D eigenvalue weighted by Gasteiger charge is -2.26. The van der Waals surface area contributed by atoms with Crippen LogP contribution in [0, 0.1) is 0 Å². The van der Waals surface area contributed by atoms with Gasteiger partial charge < -0.3 is 14.4 Å². The summed E-state index contributed by atoms with van der Waals surface area (Å²) in [5.74, 6) is 1.67. The quantitative estimate of drug-likeness (QED) is 0.802. The second kappa shape index (κ2) is 8.33. The molecule has 2 aliphatic rings. The van der Waals surface area contributed by atoms with Crippen LogP contribution in [0.15, 0.2) is 18.3 Å². The number of anilines is 1. The highest BCUT2D eigenvalue weighted by atomic mass is 16.5. The van der Waals surface area contributed by atoms with Crippen molar-refractivity contribution in [3.05, 3.63) is 23.9 Å². The lowest BCUT2D eigenvalue weighted by atomic mass is 10.2. The van der Waals surface area contributed by atoms with Gasteiger partial charge in [0.05, 0.1) is 19.3 Å². The minimum absolute atomic E-state index is 0.199. The molecule has 2 aromatic rings. The van der Waals surface area contributed by atoms with Crippen molar-refractivity contribution in [1.29, 1.82) is 0 Å². The molecule has 1 unspecified atom stereocenters. The van der Waals surface area contributed by atoms with E-state index in [9.17, 15) is 0 Å². The third kappa shape index (κ3) is 4.28. The Morgan fingerprint density at radius 2 is 1.96 bits per heavy atom. The van der Waals surface area contributed by atoms with Gasteiger partial charge in [-0.3, -0.25) is 14.5 Å². The van der Waals surface area contributed by atoms with Crippen LogP contribution in [-0.4, -0.2) is 76.8 Å². The smallest absolute Gasteiger partial charge is 0.227 e. The van der Waals surface area contributed by atoms with Crippen LogP contribution in [0.2, 0.25) is 0 Å². The van der Waals surface area contributed by atoms with E-state index in [-0.39, 0.29) is 6.10 Å². The molecule has 4 rings (SSSR count). The number of aromatic nitrogens is 4. The monoisotopic (exact) mass is 372 g/mol. The Labute approximate surface area is 160 Å². The summed E-state index contributed by atoms with van der Waals surface area (Å²) in [6.07, 6.45) is 3.15. The number of hydrogen-bond acceptors (Lipinski definition) is 7. The van der Waals surface area contributed by atoms with Gasteiger partial charge in [0.1, 0.15) is 5.69 Å². The van der Waals surface area contributed by atoms with Crippen LogP contribution in [0.5, 0.6) is 0 Å². The molecule has 27 heavy (non-hydrogen) atoms. The van der Waals surface area contributed by atoms with Crippen LogP contribution >= 0.6 is 0 Å². The Morgan fingerprint density at radius 1 is 1.11 bits per heavy atom. The van der Waals surface area contributed by atoms with Crippen molar-refractivity contribution in [2.24, 2.45) is 7.05 Å². The first-order valence-corrected chi connectivity index (χ1v) is 9.72. The van der Waals surface area contributed by atoms with Crippen molar-refractivity contribution in [3.8, 4) is 11.5 Å². The van der Waals surface area contributed by atoms with Crippen molar-refractivity contribution >= 4 is 5.95 Å². The zero-order valence-electron chi connectivity index (χ0n) is 16.2. The number of nitrogens with zero attached hydrogens (tertiary/aromatic N) is 6. The molecule has 0 N–H and O–H groups in total. The van der Waals surface area contributed by atoms with Gasteiger partial charge in [-0.15, -0.1) is 10.2 Å². The molecule has 0 bridgehead atoms. The fourth-order valence-electron chi connectivity index (χ4n) is 3.66. The summed E-state index contributed by atoms with van der Waals surface area (Å²) in [5, 5.41) is 8.83. The van der Waals surface area contributed by atoms with E-state index in [1.807, 2.05) is 23.9 Å². The van der Waals surface area contributed by atoms with Crippen LogP contribution in [0.25, 0.3) is 11.5 Å². The summed E-state index contributed by atoms with van der Waals surface area (Å²) >= 11 is 0. The summed E-state index contributed by atoms with van der Waals surface area (Å²) in [6, 6.07) is 4.17. The van der Waals surface area contributed by atoms with E-state index >= 15 is 0 Å². The van der Waals surface area contributed by atoms with Crippen molar-refractivity contribution in [1.82, 2.24) is 24.6 Å². The molecule has 0 aromatic carbocycles. The Bertz CT molecular complexity index is 741. The third-order valence-electron chi connectivity index (χ3n) is 5.15. The van der Waals surface area contributed by atoms with Gasteiger partial charge in [-0.05, 0) is 25.0 Å². The molecule has 4 heterocycles. The van der Waals surface area contributed by atoms with E-state index in [1.54, 1.807) is 0 Å². The molecular formula is C19H28N6O2. The maximum Gasteiger partial charge on any atom is 0.227 e. The largest absolute Gasteiger partial charge is 0.379 e. The first-order chi connectivity index (χ1) is 13.2. The van der Waals surface area contributed by atoms with Crippen molar-refractivity contribution in [3.63, 3.8) is 0 Å². The van der Waals surface area contributed by atoms with E-state index in [0.29, 0.717) is 0 Å². The van der Waals surface area contributed by atoms with Crippen molar-refractivity contribution in [2.45, 2.75) is 26.0 Å². The summed E-state index contributed by atoms with van der Waals surface area (Å²) in [5.41, 5.74) is 2.06. The maximum atomic E-state index is 5.74. The first-order valence-electron chi connectivity index (χ1n) is 9.72. The van der Waals surface area contributed by atoms with Gasteiger partial charge in [0.15, 0.2) is 5.82 Å². The Hall–Kier alpha value is -2.03. The zero-order chi connectivity index (χ0) is 18.6. The predicted octanol–water partition coefficient (Wildman–Crippen LogP) is 1.32. The fourth-order valence-corrected chi connectivity index (χ4v) is 3.66. The number of pyridine rings is 1. The van der Waals surface area contributed by atoms with Crippen LogP contribution in [0.1, 0.15) is 18.9 Å². The fraction of sp³-hybridized carbons (Fsp3) is 0.632. The molecule has 0 aliphatic carbocycles. The molecule has 2 fully saturated rings. The van der Waals surface area contributed by atoms with Crippen LogP contribution in [-0.2, 0) is 23.1 Å². The maximum absolute atomic E-state index is 5.74. The molecule has 0 radical (unpaired) electrons. The molecule has 0 spiro atoms. The molecule has 0 saturated carbocycles. The minimum Gasteiger partial charge on any atom is -0.379 e. The van der Waals surface area contributed by atoms with Gasteiger partial charge in [-0.25, -0.2) is 0 Å². The van der Waals surface area contributed by atoms with Crippen LogP contribution in [0.3, 0.4) is 0 Å². The average molecular weight is 372 g/mol. The normalized spacial score (nSPS) is 22.0. The Balaban J connectivity index is 1.47. The number of rotatable bonds is 4. The molecule has 2 saturated heterocycles. The molecule has 2 aromatic heterocycles. The number of hydrogen-bond donors (Lipinski definition) is 0. The zero-order valence-corrected chi connectivity index (χ0v) is 16.2. The molecule has 2 aliphatic heterocycles. The summed E-state index contributed by atoms with van der Waals surface area (Å²) in [6.45, 7) is 9.16.